The summed E-state index contributed by atoms with van der Waals surface area (Å²) in [6.07, 6.45) is 0. The van der Waals surface area contributed by atoms with Crippen molar-refractivity contribution >= 4 is 41.0 Å². The summed E-state index contributed by atoms with van der Waals surface area (Å²) >= 11 is 8.95. The minimum atomic E-state index is -0.179. The lowest BCUT2D eigenvalue weighted by molar-refractivity contribution is -0.120. The third-order valence-electron chi connectivity index (χ3n) is 3.26. The molecule has 0 spiro atoms. The molecule has 1 atom stereocenters. The van der Waals surface area contributed by atoms with Gasteiger partial charge in [0.15, 0.2) is 0 Å². The standard InChI is InChI=1S/C18H19ClFNOS2/c1-13(24-16-8-6-15(19)7-9-16)18(22)21-10-11-23-12-14-4-2-3-5-17(14)20/h2-9,13H,10-12H2,1H3,(H,21,22)/t13-/m0/s1. The molecular formula is C18H19ClFNOS2. The molecule has 0 saturated heterocycles. The minimum Gasteiger partial charge on any atom is -0.354 e. The summed E-state index contributed by atoms with van der Waals surface area (Å²) in [5.41, 5.74) is 0.695. The van der Waals surface area contributed by atoms with E-state index >= 15 is 0 Å². The number of halogens is 2. The van der Waals surface area contributed by atoms with E-state index in [2.05, 4.69) is 5.32 Å². The van der Waals surface area contributed by atoms with E-state index in [-0.39, 0.29) is 17.0 Å². The molecule has 0 radical (unpaired) electrons. The summed E-state index contributed by atoms with van der Waals surface area (Å²) < 4.78 is 13.5. The van der Waals surface area contributed by atoms with Gasteiger partial charge in [0.2, 0.25) is 5.91 Å². The summed E-state index contributed by atoms with van der Waals surface area (Å²) in [5, 5.41) is 3.42. The first-order valence-electron chi connectivity index (χ1n) is 7.57. The molecule has 0 fully saturated rings. The zero-order chi connectivity index (χ0) is 17.4. The molecular weight excluding hydrogens is 365 g/mol. The molecule has 0 aliphatic carbocycles. The summed E-state index contributed by atoms with van der Waals surface area (Å²) in [6.45, 7) is 2.45. The number of nitrogens with one attached hydrogen (secondary N) is 1. The maximum Gasteiger partial charge on any atom is 0.233 e. The predicted molar refractivity (Wildman–Crippen MR) is 102 cm³/mol. The van der Waals surface area contributed by atoms with Crippen LogP contribution in [0, 0.1) is 5.82 Å². The van der Waals surface area contributed by atoms with Gasteiger partial charge in [0.1, 0.15) is 5.82 Å². The maximum absolute atomic E-state index is 13.5. The Kier molecular flexibility index (Phi) is 7.95. The van der Waals surface area contributed by atoms with Crippen LogP contribution >= 0.6 is 35.1 Å². The molecule has 0 aromatic heterocycles. The zero-order valence-electron chi connectivity index (χ0n) is 13.3. The molecule has 24 heavy (non-hydrogen) atoms. The lowest BCUT2D eigenvalue weighted by Gasteiger charge is -2.12. The van der Waals surface area contributed by atoms with Gasteiger partial charge in [0, 0.05) is 28.0 Å². The topological polar surface area (TPSA) is 29.1 Å². The second-order valence-electron chi connectivity index (χ2n) is 5.15. The number of amides is 1. The average Bonchev–Trinajstić information content (AvgIpc) is 2.58. The molecule has 128 valence electrons. The van der Waals surface area contributed by atoms with Crippen LogP contribution in [0.2, 0.25) is 5.02 Å². The second-order valence-corrected chi connectivity index (χ2v) is 8.10. The van der Waals surface area contributed by atoms with Gasteiger partial charge in [0.05, 0.1) is 5.25 Å². The second kappa shape index (κ2) is 9.97. The fourth-order valence-corrected chi connectivity index (χ4v) is 3.82. The number of carbonyl (C=O) groups is 1. The highest BCUT2D eigenvalue weighted by atomic mass is 35.5. The lowest BCUT2D eigenvalue weighted by atomic mass is 10.2. The molecule has 2 aromatic carbocycles. The number of rotatable bonds is 8. The van der Waals surface area contributed by atoms with Gasteiger partial charge < -0.3 is 5.32 Å². The van der Waals surface area contributed by atoms with Crippen LogP contribution < -0.4 is 5.32 Å². The lowest BCUT2D eigenvalue weighted by Crippen LogP contribution is -2.32. The van der Waals surface area contributed by atoms with E-state index in [0.717, 1.165) is 10.6 Å². The van der Waals surface area contributed by atoms with E-state index in [0.29, 0.717) is 22.9 Å². The molecule has 1 N–H and O–H groups in total. The number of hydrogen-bond acceptors (Lipinski definition) is 3. The highest BCUT2D eigenvalue weighted by molar-refractivity contribution is 8.00. The Morgan fingerprint density at radius 2 is 1.92 bits per heavy atom. The Morgan fingerprint density at radius 3 is 2.62 bits per heavy atom. The van der Waals surface area contributed by atoms with Gasteiger partial charge in [-0.25, -0.2) is 4.39 Å². The quantitative estimate of drug-likeness (QED) is 0.513. The van der Waals surface area contributed by atoms with Crippen LogP contribution in [0.1, 0.15) is 12.5 Å². The van der Waals surface area contributed by atoms with E-state index in [9.17, 15) is 9.18 Å². The van der Waals surface area contributed by atoms with E-state index in [1.807, 2.05) is 37.3 Å². The van der Waals surface area contributed by atoms with Crippen molar-refractivity contribution in [3.8, 4) is 0 Å². The van der Waals surface area contributed by atoms with Gasteiger partial charge in [-0.2, -0.15) is 11.8 Å². The highest BCUT2D eigenvalue weighted by Crippen LogP contribution is 2.24. The molecule has 1 amide bonds. The van der Waals surface area contributed by atoms with Crippen LogP contribution in [-0.4, -0.2) is 23.5 Å². The Bertz CT molecular complexity index is 666. The van der Waals surface area contributed by atoms with Crippen molar-refractivity contribution in [2.75, 3.05) is 12.3 Å². The molecule has 0 bridgehead atoms. The van der Waals surface area contributed by atoms with Crippen LogP contribution in [0.25, 0.3) is 0 Å². The third-order valence-corrected chi connectivity index (χ3v) is 5.63. The van der Waals surface area contributed by atoms with E-state index < -0.39 is 0 Å². The predicted octanol–water partition coefficient (Wildman–Crippen LogP) is 5.01. The summed E-state index contributed by atoms with van der Waals surface area (Å²) in [6, 6.07) is 14.2. The largest absolute Gasteiger partial charge is 0.354 e. The van der Waals surface area contributed by atoms with Crippen molar-refractivity contribution in [2.24, 2.45) is 0 Å². The van der Waals surface area contributed by atoms with Crippen LogP contribution in [0.15, 0.2) is 53.4 Å². The SMILES string of the molecule is C[C@H](Sc1ccc(Cl)cc1)C(=O)NCCSCc1ccccc1F. The highest BCUT2D eigenvalue weighted by Gasteiger charge is 2.13. The summed E-state index contributed by atoms with van der Waals surface area (Å²) in [7, 11) is 0. The third kappa shape index (κ3) is 6.38. The van der Waals surface area contributed by atoms with E-state index in [1.165, 1.54) is 17.8 Å². The molecule has 0 unspecified atom stereocenters. The van der Waals surface area contributed by atoms with Crippen LogP contribution in [0.5, 0.6) is 0 Å². The Hall–Kier alpha value is -1.17. The van der Waals surface area contributed by atoms with Crippen LogP contribution in [0.4, 0.5) is 4.39 Å². The fraction of sp³-hybridized carbons (Fsp3) is 0.278. The Balaban J connectivity index is 1.65. The van der Waals surface area contributed by atoms with Crippen LogP contribution in [-0.2, 0) is 10.5 Å². The van der Waals surface area contributed by atoms with Crippen molar-refractivity contribution in [3.05, 3.63) is 64.9 Å². The molecule has 0 heterocycles. The zero-order valence-corrected chi connectivity index (χ0v) is 15.7. The normalized spacial score (nSPS) is 12.0. The minimum absolute atomic E-state index is 0.00133. The van der Waals surface area contributed by atoms with Crippen molar-refractivity contribution in [1.29, 1.82) is 0 Å². The van der Waals surface area contributed by atoms with Gasteiger partial charge in [0.25, 0.3) is 0 Å². The van der Waals surface area contributed by atoms with Gasteiger partial charge in [-0.05, 0) is 42.8 Å². The van der Waals surface area contributed by atoms with Crippen molar-refractivity contribution in [3.63, 3.8) is 0 Å². The first kappa shape index (κ1) is 19.2. The number of hydrogen-bond donors (Lipinski definition) is 1. The Labute approximate surface area is 155 Å². The molecule has 0 saturated carbocycles. The number of carbonyl (C=O) groups excluding carboxylic acids is 1. The monoisotopic (exact) mass is 383 g/mol. The van der Waals surface area contributed by atoms with E-state index in [1.54, 1.807) is 23.9 Å². The van der Waals surface area contributed by atoms with Crippen molar-refractivity contribution in [1.82, 2.24) is 5.32 Å². The first-order chi connectivity index (χ1) is 11.6. The van der Waals surface area contributed by atoms with Gasteiger partial charge in [-0.1, -0.05) is 29.8 Å². The smallest absolute Gasteiger partial charge is 0.233 e. The van der Waals surface area contributed by atoms with Gasteiger partial charge in [-0.3, -0.25) is 4.79 Å². The fourth-order valence-electron chi connectivity index (χ4n) is 1.96. The molecule has 2 aromatic rings. The summed E-state index contributed by atoms with van der Waals surface area (Å²) in [5.74, 6) is 1.18. The molecule has 0 aliphatic heterocycles. The average molecular weight is 384 g/mol. The molecule has 2 rings (SSSR count). The summed E-state index contributed by atoms with van der Waals surface area (Å²) in [4.78, 5) is 13.1. The number of thioether (sulfide) groups is 2. The van der Waals surface area contributed by atoms with Crippen molar-refractivity contribution < 1.29 is 9.18 Å². The molecule has 2 nitrogen and oxygen atoms in total. The van der Waals surface area contributed by atoms with Crippen LogP contribution in [0.3, 0.4) is 0 Å². The van der Waals surface area contributed by atoms with E-state index in [4.69, 9.17) is 11.6 Å². The first-order valence-corrected chi connectivity index (χ1v) is 9.98. The number of benzene rings is 2. The maximum atomic E-state index is 13.5. The Morgan fingerprint density at radius 1 is 1.21 bits per heavy atom. The molecule has 6 heteroatoms. The van der Waals surface area contributed by atoms with Crippen molar-refractivity contribution in [2.45, 2.75) is 22.8 Å². The van der Waals surface area contributed by atoms with Gasteiger partial charge in [-0.15, -0.1) is 11.8 Å². The van der Waals surface area contributed by atoms with Gasteiger partial charge >= 0.3 is 0 Å². The molecule has 0 aliphatic rings.